The van der Waals surface area contributed by atoms with E-state index >= 15 is 0 Å². The molecule has 0 amide bonds. The number of para-hydroxylation sites is 1. The number of nitrogens with zero attached hydrogens (tertiary/aromatic N) is 1. The lowest BCUT2D eigenvalue weighted by Gasteiger charge is -2.14. The molecule has 0 saturated heterocycles. The number of H-pyrrole nitrogens is 1. The van der Waals surface area contributed by atoms with Gasteiger partial charge in [0.25, 0.3) is 5.56 Å². The number of hydrogen-bond donors (Lipinski definition) is 1. The van der Waals surface area contributed by atoms with Crippen LogP contribution in [0.1, 0.15) is 17.1 Å². The van der Waals surface area contributed by atoms with Gasteiger partial charge in [-0.05, 0) is 40.2 Å². The van der Waals surface area contributed by atoms with Crippen LogP contribution in [0.15, 0.2) is 33.5 Å². The molecule has 0 bridgehead atoms. The Labute approximate surface area is 129 Å². The summed E-state index contributed by atoms with van der Waals surface area (Å²) in [6.07, 6.45) is 0.853. The van der Waals surface area contributed by atoms with E-state index < -0.39 is 0 Å². The smallest absolute Gasteiger partial charge is 0.255 e. The summed E-state index contributed by atoms with van der Waals surface area (Å²) in [6, 6.07) is 7.61. The maximum absolute atomic E-state index is 12.0. The van der Waals surface area contributed by atoms with Gasteiger partial charge < -0.3 is 9.72 Å². The molecule has 1 aliphatic rings. The zero-order chi connectivity index (χ0) is 13.9. The van der Waals surface area contributed by atoms with Crippen molar-refractivity contribution < 1.29 is 4.74 Å². The quantitative estimate of drug-likeness (QED) is 0.922. The Bertz CT molecular complexity index is 687. The van der Waals surface area contributed by atoms with Gasteiger partial charge in [0.2, 0.25) is 0 Å². The van der Waals surface area contributed by atoms with Gasteiger partial charge in [-0.1, -0.05) is 12.1 Å². The molecule has 1 aromatic heterocycles. The minimum atomic E-state index is -0.0343. The maximum atomic E-state index is 12.0. The summed E-state index contributed by atoms with van der Waals surface area (Å²) in [5.41, 5.74) is 1.69. The third-order valence-electron chi connectivity index (χ3n) is 3.08. The summed E-state index contributed by atoms with van der Waals surface area (Å²) in [4.78, 5) is 19.3. The Hall–Kier alpha value is -1.27. The first kappa shape index (κ1) is 13.7. The number of halogens is 1. The molecule has 0 aliphatic carbocycles. The minimum Gasteiger partial charge on any atom is -0.485 e. The summed E-state index contributed by atoms with van der Waals surface area (Å²) in [5.74, 6) is 3.09. The first-order valence-electron chi connectivity index (χ1n) is 6.30. The first-order chi connectivity index (χ1) is 9.74. The zero-order valence-electron chi connectivity index (χ0n) is 10.7. The molecule has 4 nitrogen and oxygen atoms in total. The van der Waals surface area contributed by atoms with Gasteiger partial charge in [-0.2, -0.15) is 11.8 Å². The molecule has 6 heteroatoms. The average molecular weight is 353 g/mol. The molecule has 0 unspecified atom stereocenters. The number of aryl methyl sites for hydroxylation is 1. The van der Waals surface area contributed by atoms with Crippen molar-refractivity contribution >= 4 is 27.7 Å². The van der Waals surface area contributed by atoms with Crippen molar-refractivity contribution in [3.05, 3.63) is 56.2 Å². The Kier molecular flexibility index (Phi) is 4.12. The second-order valence-corrected chi connectivity index (χ2v) is 6.42. The normalized spacial score (nSPS) is 13.8. The van der Waals surface area contributed by atoms with Crippen LogP contribution in [0.5, 0.6) is 5.75 Å². The molecule has 104 valence electrons. The van der Waals surface area contributed by atoms with Crippen LogP contribution in [0.25, 0.3) is 0 Å². The van der Waals surface area contributed by atoms with Gasteiger partial charge in [0.1, 0.15) is 18.2 Å². The molecule has 20 heavy (non-hydrogen) atoms. The highest BCUT2D eigenvalue weighted by atomic mass is 79.9. The number of benzene rings is 1. The Morgan fingerprint density at radius 3 is 3.10 bits per heavy atom. The second kappa shape index (κ2) is 6.01. The van der Waals surface area contributed by atoms with E-state index in [2.05, 4.69) is 25.9 Å². The van der Waals surface area contributed by atoms with Crippen LogP contribution in [0.4, 0.5) is 0 Å². The van der Waals surface area contributed by atoms with Crippen LogP contribution in [0, 0.1) is 0 Å². The van der Waals surface area contributed by atoms with Crippen LogP contribution in [-0.4, -0.2) is 15.7 Å². The third kappa shape index (κ3) is 2.91. The molecule has 0 spiro atoms. The fourth-order valence-corrected chi connectivity index (χ4v) is 3.45. The molecule has 0 radical (unpaired) electrons. The second-order valence-electron chi connectivity index (χ2n) is 4.46. The summed E-state index contributed by atoms with van der Waals surface area (Å²) >= 11 is 5.20. The van der Waals surface area contributed by atoms with Crippen LogP contribution < -0.4 is 10.3 Å². The molecule has 3 rings (SSSR count). The molecular weight excluding hydrogens is 340 g/mol. The van der Waals surface area contributed by atoms with Gasteiger partial charge in [0, 0.05) is 11.3 Å². The van der Waals surface area contributed by atoms with Crippen molar-refractivity contribution in [2.24, 2.45) is 0 Å². The van der Waals surface area contributed by atoms with Crippen molar-refractivity contribution in [3.63, 3.8) is 0 Å². The van der Waals surface area contributed by atoms with Crippen LogP contribution in [-0.2, 0) is 18.8 Å². The molecule has 0 saturated carbocycles. The molecule has 0 fully saturated rings. The van der Waals surface area contributed by atoms with E-state index in [1.165, 1.54) is 0 Å². The van der Waals surface area contributed by atoms with Crippen molar-refractivity contribution in [3.8, 4) is 5.75 Å². The summed E-state index contributed by atoms with van der Waals surface area (Å²) < 4.78 is 6.57. The molecule has 1 aliphatic heterocycles. The summed E-state index contributed by atoms with van der Waals surface area (Å²) in [6.45, 7) is 0.262. The lowest BCUT2D eigenvalue weighted by molar-refractivity contribution is 0.293. The number of ether oxygens (including phenoxy) is 1. The number of rotatable bonds is 3. The predicted octanol–water partition coefficient (Wildman–Crippen LogP) is 2.90. The van der Waals surface area contributed by atoms with Gasteiger partial charge in [-0.25, -0.2) is 4.98 Å². The topological polar surface area (TPSA) is 55.0 Å². The Morgan fingerprint density at radius 2 is 2.25 bits per heavy atom. The number of aromatic amines is 1. The minimum absolute atomic E-state index is 0.0343. The van der Waals surface area contributed by atoms with Gasteiger partial charge in [-0.15, -0.1) is 0 Å². The third-order valence-corrected chi connectivity index (χ3v) is 4.72. The van der Waals surface area contributed by atoms with Crippen LogP contribution in [0.3, 0.4) is 0 Å². The highest BCUT2D eigenvalue weighted by Gasteiger charge is 2.16. The zero-order valence-corrected chi connectivity index (χ0v) is 13.1. The van der Waals surface area contributed by atoms with Crippen molar-refractivity contribution in [2.75, 3.05) is 5.75 Å². The van der Waals surface area contributed by atoms with Gasteiger partial charge in [-0.3, -0.25) is 4.79 Å². The van der Waals surface area contributed by atoms with E-state index in [0.717, 1.165) is 39.4 Å². The summed E-state index contributed by atoms with van der Waals surface area (Å²) in [7, 11) is 0. The largest absolute Gasteiger partial charge is 0.485 e. The number of aromatic nitrogens is 2. The average Bonchev–Trinajstić information content (AvgIpc) is 2.46. The van der Waals surface area contributed by atoms with Crippen molar-refractivity contribution in [1.82, 2.24) is 9.97 Å². The Balaban J connectivity index is 1.80. The molecule has 2 heterocycles. The lowest BCUT2D eigenvalue weighted by Crippen LogP contribution is -2.23. The van der Waals surface area contributed by atoms with Crippen molar-refractivity contribution in [2.45, 2.75) is 18.8 Å². The first-order valence-corrected chi connectivity index (χ1v) is 8.25. The molecule has 2 aromatic rings. The summed E-state index contributed by atoms with van der Waals surface area (Å²) in [5, 5.41) is 0. The molecular formula is C14H13BrN2O2S. The maximum Gasteiger partial charge on any atom is 0.255 e. The number of hydrogen-bond acceptors (Lipinski definition) is 4. The Morgan fingerprint density at radius 1 is 1.40 bits per heavy atom. The SMILES string of the molecule is O=c1[nH]c(COc2ccccc2Br)nc2c1CSCC2. The van der Waals surface area contributed by atoms with Crippen molar-refractivity contribution in [1.29, 1.82) is 0 Å². The van der Waals surface area contributed by atoms with E-state index in [1.54, 1.807) is 11.8 Å². The molecule has 1 N–H and O–H groups in total. The van der Waals surface area contributed by atoms with E-state index in [-0.39, 0.29) is 12.2 Å². The molecule has 1 aromatic carbocycles. The number of nitrogens with one attached hydrogen (secondary N) is 1. The van der Waals surface area contributed by atoms with E-state index in [9.17, 15) is 4.79 Å². The molecule has 0 atom stereocenters. The predicted molar refractivity (Wildman–Crippen MR) is 83.2 cm³/mol. The van der Waals surface area contributed by atoms with Gasteiger partial charge in [0.05, 0.1) is 10.2 Å². The van der Waals surface area contributed by atoms with Gasteiger partial charge in [0.15, 0.2) is 0 Å². The fraction of sp³-hybridized carbons (Fsp3) is 0.286. The van der Waals surface area contributed by atoms with E-state index in [0.29, 0.717) is 5.82 Å². The lowest BCUT2D eigenvalue weighted by atomic mass is 10.2. The highest BCUT2D eigenvalue weighted by molar-refractivity contribution is 9.10. The number of thioether (sulfide) groups is 1. The fourth-order valence-electron chi connectivity index (χ4n) is 2.07. The van der Waals surface area contributed by atoms with E-state index in [4.69, 9.17) is 4.74 Å². The van der Waals surface area contributed by atoms with Crippen LogP contribution in [0.2, 0.25) is 0 Å². The standard InChI is InChI=1S/C14H13BrN2O2S/c15-10-3-1-2-4-12(10)19-7-13-16-11-5-6-20-8-9(11)14(18)17-13/h1-4H,5-8H2,(H,16,17,18). The number of fused-ring (bicyclic) bond motifs is 1. The van der Waals surface area contributed by atoms with E-state index in [1.807, 2.05) is 24.3 Å². The highest BCUT2D eigenvalue weighted by Crippen LogP contribution is 2.24. The monoisotopic (exact) mass is 352 g/mol. The van der Waals surface area contributed by atoms with Crippen LogP contribution >= 0.6 is 27.7 Å². The van der Waals surface area contributed by atoms with Gasteiger partial charge >= 0.3 is 0 Å².